The van der Waals surface area contributed by atoms with E-state index in [4.69, 9.17) is 0 Å². The summed E-state index contributed by atoms with van der Waals surface area (Å²) in [4.78, 5) is 33.1. The molecule has 2 aromatic carbocycles. The van der Waals surface area contributed by atoms with Crippen molar-refractivity contribution in [1.82, 2.24) is 20.0 Å². The van der Waals surface area contributed by atoms with Crippen molar-refractivity contribution >= 4 is 11.9 Å². The summed E-state index contributed by atoms with van der Waals surface area (Å²) in [7, 11) is 0. The first-order chi connectivity index (χ1) is 17.7. The van der Waals surface area contributed by atoms with Gasteiger partial charge in [0.2, 0.25) is 0 Å². The van der Waals surface area contributed by atoms with E-state index in [9.17, 15) is 9.59 Å². The van der Waals surface area contributed by atoms with E-state index in [-0.39, 0.29) is 11.9 Å². The van der Waals surface area contributed by atoms with E-state index in [1.54, 1.807) is 0 Å². The first-order valence-electron chi connectivity index (χ1n) is 14.0. The van der Waals surface area contributed by atoms with Crippen LogP contribution in [0.3, 0.4) is 0 Å². The zero-order valence-electron chi connectivity index (χ0n) is 21.1. The zero-order chi connectivity index (χ0) is 24.5. The van der Waals surface area contributed by atoms with Gasteiger partial charge in [-0.05, 0) is 55.7 Å². The monoisotopic (exact) mass is 486 g/mol. The summed E-state index contributed by atoms with van der Waals surface area (Å²) in [6.07, 6.45) is 8.98. The molecule has 6 heteroatoms. The van der Waals surface area contributed by atoms with Crippen LogP contribution in [0.4, 0.5) is 4.79 Å². The minimum atomic E-state index is 0.147. The predicted octanol–water partition coefficient (Wildman–Crippen LogP) is 4.76. The average molecular weight is 487 g/mol. The van der Waals surface area contributed by atoms with Crippen molar-refractivity contribution < 1.29 is 9.59 Å². The van der Waals surface area contributed by atoms with E-state index in [1.807, 2.05) is 41.3 Å². The molecule has 6 nitrogen and oxygen atoms in total. The van der Waals surface area contributed by atoms with E-state index in [0.29, 0.717) is 24.2 Å². The average Bonchev–Trinajstić information content (AvgIpc) is 3.29. The quantitative estimate of drug-likeness (QED) is 0.678. The highest BCUT2D eigenvalue weighted by Gasteiger charge is 2.44. The molecule has 0 bridgehead atoms. The summed E-state index contributed by atoms with van der Waals surface area (Å²) >= 11 is 0. The Morgan fingerprint density at radius 1 is 0.750 bits per heavy atom. The standard InChI is InChI=1S/C30H38N4O2/c35-29(26-11-5-4-10-25(26)22-8-2-1-3-9-22)33-20-14-23(15-21-33)32-18-16-24(17-19-32)34-28-13-7-6-12-27(28)31-30(34)36/h1-5,8-11,23-24,27-28H,6-7,12-21H2,(H,31,36)/t27-,28-/m0/s1. The number of benzene rings is 2. The van der Waals surface area contributed by atoms with Gasteiger partial charge in [0.05, 0.1) is 12.1 Å². The number of fused-ring (bicyclic) bond motifs is 1. The van der Waals surface area contributed by atoms with E-state index in [2.05, 4.69) is 33.3 Å². The molecule has 4 fully saturated rings. The Morgan fingerprint density at radius 3 is 2.19 bits per heavy atom. The van der Waals surface area contributed by atoms with E-state index in [0.717, 1.165) is 81.4 Å². The molecule has 1 aliphatic carbocycles. The van der Waals surface area contributed by atoms with Crippen molar-refractivity contribution in [2.24, 2.45) is 0 Å². The molecule has 0 aromatic heterocycles. The van der Waals surface area contributed by atoms with Crippen molar-refractivity contribution in [3.8, 4) is 11.1 Å². The molecule has 3 heterocycles. The summed E-state index contributed by atoms with van der Waals surface area (Å²) in [6, 6.07) is 20.1. The number of urea groups is 1. The number of amides is 3. The van der Waals surface area contributed by atoms with Gasteiger partial charge in [-0.25, -0.2) is 4.79 Å². The highest BCUT2D eigenvalue weighted by Crippen LogP contribution is 2.33. The molecular formula is C30H38N4O2. The lowest BCUT2D eigenvalue weighted by Gasteiger charge is -2.44. The fraction of sp³-hybridized carbons (Fsp3) is 0.533. The predicted molar refractivity (Wildman–Crippen MR) is 142 cm³/mol. The molecule has 2 atom stereocenters. The minimum Gasteiger partial charge on any atom is -0.339 e. The normalized spacial score (nSPS) is 26.1. The summed E-state index contributed by atoms with van der Waals surface area (Å²) in [5.41, 5.74) is 2.90. The molecule has 3 aliphatic heterocycles. The summed E-state index contributed by atoms with van der Waals surface area (Å²) in [5, 5.41) is 3.26. The van der Waals surface area contributed by atoms with Crippen LogP contribution < -0.4 is 5.32 Å². The third-order valence-electron chi connectivity index (χ3n) is 9.03. The van der Waals surface area contributed by atoms with Crippen LogP contribution in [0.2, 0.25) is 0 Å². The molecule has 6 rings (SSSR count). The molecule has 4 aliphatic rings. The lowest BCUT2D eigenvalue weighted by Crippen LogP contribution is -2.53. The Kier molecular flexibility index (Phi) is 6.70. The zero-order valence-corrected chi connectivity index (χ0v) is 21.1. The van der Waals surface area contributed by atoms with Crippen molar-refractivity contribution in [3.63, 3.8) is 0 Å². The van der Waals surface area contributed by atoms with Crippen LogP contribution in [0.25, 0.3) is 11.1 Å². The van der Waals surface area contributed by atoms with Gasteiger partial charge < -0.3 is 20.0 Å². The van der Waals surface area contributed by atoms with Gasteiger partial charge >= 0.3 is 6.03 Å². The van der Waals surface area contributed by atoms with E-state index >= 15 is 0 Å². The lowest BCUT2D eigenvalue weighted by molar-refractivity contribution is 0.0472. The number of hydrogen-bond acceptors (Lipinski definition) is 3. The highest BCUT2D eigenvalue weighted by atomic mass is 16.2. The highest BCUT2D eigenvalue weighted by molar-refractivity contribution is 6.00. The van der Waals surface area contributed by atoms with E-state index < -0.39 is 0 Å². The molecule has 0 spiro atoms. The van der Waals surface area contributed by atoms with E-state index in [1.165, 1.54) is 12.8 Å². The number of piperidine rings is 2. The first-order valence-corrected chi connectivity index (χ1v) is 14.0. The van der Waals surface area contributed by atoms with Crippen molar-refractivity contribution in [2.75, 3.05) is 26.2 Å². The number of nitrogens with one attached hydrogen (secondary N) is 1. The molecule has 1 N–H and O–H groups in total. The van der Waals surface area contributed by atoms with Crippen LogP contribution >= 0.6 is 0 Å². The Morgan fingerprint density at radius 2 is 1.42 bits per heavy atom. The van der Waals surface area contributed by atoms with Gasteiger partial charge in [-0.2, -0.15) is 0 Å². The van der Waals surface area contributed by atoms with Crippen molar-refractivity contribution in [2.45, 2.75) is 75.5 Å². The largest absolute Gasteiger partial charge is 0.339 e. The number of carbonyl (C=O) groups is 2. The minimum absolute atomic E-state index is 0.147. The van der Waals surface area contributed by atoms with Crippen LogP contribution in [0, 0.1) is 0 Å². The number of rotatable bonds is 4. The number of likely N-dealkylation sites (tertiary alicyclic amines) is 2. The van der Waals surface area contributed by atoms with Gasteiger partial charge in [-0.15, -0.1) is 0 Å². The SMILES string of the molecule is O=C(c1ccccc1-c1ccccc1)N1CCC(N2CCC(N3C(=O)N[C@H]4CCCC[C@@H]43)CC2)CC1. The van der Waals surface area contributed by atoms with Gasteiger partial charge in [-0.3, -0.25) is 4.79 Å². The topological polar surface area (TPSA) is 55.9 Å². The van der Waals surface area contributed by atoms with Crippen molar-refractivity contribution in [3.05, 3.63) is 60.2 Å². The second-order valence-corrected chi connectivity index (χ2v) is 11.0. The first kappa shape index (κ1) is 23.5. The fourth-order valence-electron chi connectivity index (χ4n) is 7.11. The molecule has 1 saturated carbocycles. The lowest BCUT2D eigenvalue weighted by atomic mass is 9.89. The molecule has 0 unspecified atom stereocenters. The summed E-state index contributed by atoms with van der Waals surface area (Å²) in [5.74, 6) is 0.147. The second-order valence-electron chi connectivity index (χ2n) is 11.0. The smallest absolute Gasteiger partial charge is 0.318 e. The summed E-state index contributed by atoms with van der Waals surface area (Å²) in [6.45, 7) is 3.73. The van der Waals surface area contributed by atoms with Crippen LogP contribution in [0.5, 0.6) is 0 Å². The third-order valence-corrected chi connectivity index (χ3v) is 9.03. The Hall–Kier alpha value is -2.86. The van der Waals surface area contributed by atoms with Crippen molar-refractivity contribution in [1.29, 1.82) is 0 Å². The van der Waals surface area contributed by atoms with Crippen LogP contribution in [-0.4, -0.2) is 77.0 Å². The molecular weight excluding hydrogens is 448 g/mol. The Balaban J connectivity index is 1.04. The Bertz CT molecular complexity index is 1070. The number of nitrogens with zero attached hydrogens (tertiary/aromatic N) is 3. The number of hydrogen-bond donors (Lipinski definition) is 1. The van der Waals surface area contributed by atoms with Crippen LogP contribution in [-0.2, 0) is 0 Å². The third kappa shape index (κ3) is 4.52. The molecule has 190 valence electrons. The molecule has 2 aromatic rings. The molecule has 36 heavy (non-hydrogen) atoms. The summed E-state index contributed by atoms with van der Waals surface area (Å²) < 4.78 is 0. The van der Waals surface area contributed by atoms with Gasteiger partial charge in [-0.1, -0.05) is 61.4 Å². The maximum Gasteiger partial charge on any atom is 0.318 e. The molecule has 3 saturated heterocycles. The van der Waals surface area contributed by atoms with Crippen LogP contribution in [0.15, 0.2) is 54.6 Å². The number of carbonyl (C=O) groups excluding carboxylic acids is 2. The second kappa shape index (κ2) is 10.3. The van der Waals surface area contributed by atoms with Gasteiger partial charge in [0.15, 0.2) is 0 Å². The molecule has 3 amide bonds. The van der Waals surface area contributed by atoms with Crippen LogP contribution in [0.1, 0.15) is 61.7 Å². The maximum absolute atomic E-state index is 13.5. The maximum atomic E-state index is 13.5. The molecule has 0 radical (unpaired) electrons. The van der Waals surface area contributed by atoms with Gasteiger partial charge in [0, 0.05) is 43.8 Å². The Labute approximate surface area is 214 Å². The fourth-order valence-corrected chi connectivity index (χ4v) is 7.11. The van der Waals surface area contributed by atoms with Gasteiger partial charge in [0.25, 0.3) is 5.91 Å². The van der Waals surface area contributed by atoms with Gasteiger partial charge in [0.1, 0.15) is 0 Å².